The average Bonchev–Trinajstić information content (AvgIpc) is 2.44. The summed E-state index contributed by atoms with van der Waals surface area (Å²) in [5.74, 6) is -6.31. The molecule has 0 aliphatic carbocycles. The number of hydrogen-bond acceptors (Lipinski definition) is 4. The van der Waals surface area contributed by atoms with Crippen LogP contribution >= 0.6 is 0 Å². The number of nitriles is 1. The Morgan fingerprint density at radius 3 is 2.30 bits per heavy atom. The highest BCUT2D eigenvalue weighted by molar-refractivity contribution is 5.83. The first-order valence-electron chi connectivity index (χ1n) is 5.74. The topological polar surface area (TPSA) is 57.4 Å². The van der Waals surface area contributed by atoms with Crippen molar-refractivity contribution in [1.29, 1.82) is 5.26 Å². The average molecular weight is 343 g/mol. The largest absolute Gasteiger partial charge is 0.478 e. The van der Waals surface area contributed by atoms with Crippen LogP contribution < -0.4 is 10.2 Å². The molecule has 0 saturated heterocycles. The lowest BCUT2D eigenvalue weighted by Gasteiger charge is -2.27. The van der Waals surface area contributed by atoms with Crippen LogP contribution in [0.25, 0.3) is 0 Å². The van der Waals surface area contributed by atoms with Gasteiger partial charge in [0.25, 0.3) is 0 Å². The van der Waals surface area contributed by atoms with Crippen LogP contribution in [0.1, 0.15) is 5.56 Å². The summed E-state index contributed by atoms with van der Waals surface area (Å²) in [7, 11) is 0. The molecule has 0 aliphatic rings. The molecule has 0 fully saturated rings. The molecule has 0 bridgehead atoms. The van der Waals surface area contributed by atoms with Gasteiger partial charge in [-0.25, -0.2) is 5.43 Å². The Bertz CT molecular complexity index is 607. The Labute approximate surface area is 125 Å². The van der Waals surface area contributed by atoms with Crippen molar-refractivity contribution in [3.05, 3.63) is 29.8 Å². The predicted molar refractivity (Wildman–Crippen MR) is 64.2 cm³/mol. The summed E-state index contributed by atoms with van der Waals surface area (Å²) in [6.07, 6.45) is -5.89. The van der Waals surface area contributed by atoms with Crippen LogP contribution in [0.2, 0.25) is 0 Å². The highest BCUT2D eigenvalue weighted by Crippen LogP contribution is 2.44. The molecule has 1 aromatic rings. The van der Waals surface area contributed by atoms with Crippen molar-refractivity contribution >= 4 is 6.21 Å². The van der Waals surface area contributed by atoms with E-state index >= 15 is 0 Å². The molecule has 0 radical (unpaired) electrons. The van der Waals surface area contributed by atoms with E-state index in [2.05, 4.69) is 5.10 Å². The van der Waals surface area contributed by atoms with Gasteiger partial charge < -0.3 is 4.74 Å². The molecule has 0 aliphatic heterocycles. The second-order valence-corrected chi connectivity index (χ2v) is 4.00. The lowest BCUT2D eigenvalue weighted by atomic mass is 10.2. The smallest absolute Gasteiger partial charge is 0.462 e. The van der Waals surface area contributed by atoms with Crippen molar-refractivity contribution < 1.29 is 35.5 Å². The van der Waals surface area contributed by atoms with E-state index in [1.807, 2.05) is 0 Å². The SMILES string of the molecule is N#CCOc1ccccc1/C=N/NC(F)(F)C(F)(F)C(F)(F)F. The summed E-state index contributed by atoms with van der Waals surface area (Å²) in [6, 6.07) is 1.44. The number of hydrazone groups is 1. The zero-order chi connectivity index (χ0) is 17.7. The standard InChI is InChI=1S/C12H8F7N3O/c13-10(14,11(15,16)17)12(18,19)22-21-7-8-3-1-2-4-9(8)23-6-5-20/h1-4,7,22H,6H2/b21-7+. The Hall–Kier alpha value is -2.51. The molecule has 0 spiro atoms. The van der Waals surface area contributed by atoms with E-state index in [0.717, 1.165) is 0 Å². The maximum absolute atomic E-state index is 12.9. The first-order chi connectivity index (χ1) is 10.5. The van der Waals surface area contributed by atoms with Gasteiger partial charge in [-0.15, -0.1) is 0 Å². The molecule has 0 amide bonds. The number of ether oxygens (including phenoxy) is 1. The quantitative estimate of drug-likeness (QED) is 0.373. The number of halogens is 7. The third kappa shape index (κ3) is 4.24. The molecule has 0 unspecified atom stereocenters. The van der Waals surface area contributed by atoms with Gasteiger partial charge in [0, 0.05) is 5.56 Å². The van der Waals surface area contributed by atoms with Crippen LogP contribution in [0.4, 0.5) is 30.7 Å². The number of rotatable bonds is 6. The summed E-state index contributed by atoms with van der Waals surface area (Å²) in [5, 5.41) is 11.1. The van der Waals surface area contributed by atoms with Crippen LogP contribution in [0.3, 0.4) is 0 Å². The highest BCUT2D eigenvalue weighted by atomic mass is 19.4. The minimum atomic E-state index is -6.45. The van der Waals surface area contributed by atoms with Crippen LogP contribution in [0, 0.1) is 11.3 Å². The van der Waals surface area contributed by atoms with Crippen LogP contribution in [-0.4, -0.2) is 31.0 Å². The molecule has 1 aromatic carbocycles. The van der Waals surface area contributed by atoms with Gasteiger partial charge >= 0.3 is 18.1 Å². The van der Waals surface area contributed by atoms with Gasteiger partial charge in [-0.1, -0.05) is 12.1 Å². The zero-order valence-electron chi connectivity index (χ0n) is 11.0. The van der Waals surface area contributed by atoms with Gasteiger partial charge in [-0.05, 0) is 12.1 Å². The van der Waals surface area contributed by atoms with Crippen molar-refractivity contribution in [2.45, 2.75) is 18.1 Å². The number of nitrogens with one attached hydrogen (secondary N) is 1. The molecule has 1 rings (SSSR count). The summed E-state index contributed by atoms with van der Waals surface area (Å²) in [4.78, 5) is 0. The van der Waals surface area contributed by atoms with E-state index < -0.39 is 18.1 Å². The van der Waals surface area contributed by atoms with E-state index in [1.165, 1.54) is 24.3 Å². The molecule has 126 valence electrons. The van der Waals surface area contributed by atoms with Crippen molar-refractivity contribution in [3.63, 3.8) is 0 Å². The fraction of sp³-hybridized carbons (Fsp3) is 0.333. The molecular weight excluding hydrogens is 335 g/mol. The summed E-state index contributed by atoms with van der Waals surface area (Å²) >= 11 is 0. The molecule has 4 nitrogen and oxygen atoms in total. The van der Waals surface area contributed by atoms with E-state index in [4.69, 9.17) is 10.00 Å². The fourth-order valence-corrected chi connectivity index (χ4v) is 1.26. The predicted octanol–water partition coefficient (Wildman–Crippen LogP) is 3.30. The Balaban J connectivity index is 2.90. The van der Waals surface area contributed by atoms with Crippen LogP contribution in [0.15, 0.2) is 29.4 Å². The normalized spacial score (nSPS) is 13.0. The Kier molecular flexibility index (Phi) is 5.42. The number of hydrogen-bond donors (Lipinski definition) is 1. The maximum Gasteiger partial charge on any atom is 0.462 e. The lowest BCUT2D eigenvalue weighted by molar-refractivity contribution is -0.361. The van der Waals surface area contributed by atoms with Gasteiger partial charge in [0.1, 0.15) is 11.8 Å². The van der Waals surface area contributed by atoms with Crippen molar-refractivity contribution in [2.24, 2.45) is 5.10 Å². The molecule has 0 atom stereocenters. The zero-order valence-corrected chi connectivity index (χ0v) is 11.0. The molecule has 11 heteroatoms. The van der Waals surface area contributed by atoms with Gasteiger partial charge in [0.05, 0.1) is 6.21 Å². The van der Waals surface area contributed by atoms with Gasteiger partial charge in [0.2, 0.25) is 0 Å². The molecule has 1 N–H and O–H groups in total. The monoisotopic (exact) mass is 343 g/mol. The highest BCUT2D eigenvalue weighted by Gasteiger charge is 2.73. The second kappa shape index (κ2) is 6.72. The first-order valence-corrected chi connectivity index (χ1v) is 5.74. The van der Waals surface area contributed by atoms with Gasteiger partial charge in [-0.2, -0.15) is 41.1 Å². The van der Waals surface area contributed by atoms with Crippen LogP contribution in [0.5, 0.6) is 5.75 Å². The van der Waals surface area contributed by atoms with Gasteiger partial charge in [0.15, 0.2) is 6.61 Å². The Morgan fingerprint density at radius 1 is 1.13 bits per heavy atom. The molecule has 0 heterocycles. The molecule has 0 aromatic heterocycles. The third-order valence-corrected chi connectivity index (χ3v) is 2.37. The van der Waals surface area contributed by atoms with E-state index in [9.17, 15) is 30.7 Å². The maximum atomic E-state index is 12.9. The number of para-hydroxylation sites is 1. The number of benzene rings is 1. The van der Waals surface area contributed by atoms with E-state index in [0.29, 0.717) is 11.6 Å². The van der Waals surface area contributed by atoms with E-state index in [-0.39, 0.29) is 17.9 Å². The molecule has 23 heavy (non-hydrogen) atoms. The third-order valence-electron chi connectivity index (χ3n) is 2.37. The second-order valence-electron chi connectivity index (χ2n) is 4.00. The molecule has 0 saturated carbocycles. The number of nitrogens with zero attached hydrogens (tertiary/aromatic N) is 2. The van der Waals surface area contributed by atoms with Crippen molar-refractivity contribution in [1.82, 2.24) is 5.43 Å². The van der Waals surface area contributed by atoms with E-state index in [1.54, 1.807) is 6.07 Å². The summed E-state index contributed by atoms with van der Waals surface area (Å²) < 4.78 is 91.7. The molecular formula is C12H8F7N3O. The van der Waals surface area contributed by atoms with Crippen molar-refractivity contribution in [2.75, 3.05) is 6.61 Å². The van der Waals surface area contributed by atoms with Crippen LogP contribution in [-0.2, 0) is 0 Å². The fourth-order valence-electron chi connectivity index (χ4n) is 1.26. The van der Waals surface area contributed by atoms with Crippen molar-refractivity contribution in [3.8, 4) is 11.8 Å². The Morgan fingerprint density at radius 2 is 1.74 bits per heavy atom. The minimum absolute atomic E-state index is 0.00509. The van der Waals surface area contributed by atoms with Gasteiger partial charge in [-0.3, -0.25) is 0 Å². The lowest BCUT2D eigenvalue weighted by Crippen LogP contribution is -2.58. The first kappa shape index (κ1) is 18.5. The minimum Gasteiger partial charge on any atom is -0.478 e. The summed E-state index contributed by atoms with van der Waals surface area (Å²) in [5.41, 5.74) is 0.471. The summed E-state index contributed by atoms with van der Waals surface area (Å²) in [6.45, 7) is -0.388. The number of alkyl halides is 7.